The number of amides is 1. The van der Waals surface area contributed by atoms with E-state index < -0.39 is 0 Å². The van der Waals surface area contributed by atoms with E-state index in [9.17, 15) is 4.79 Å². The third-order valence-corrected chi connectivity index (χ3v) is 4.22. The van der Waals surface area contributed by atoms with E-state index in [2.05, 4.69) is 46.2 Å². The third kappa shape index (κ3) is 7.68. The summed E-state index contributed by atoms with van der Waals surface area (Å²) in [7, 11) is 0. The highest BCUT2D eigenvalue weighted by atomic mass is 127. The molecule has 0 bridgehead atoms. The average Bonchev–Trinajstić information content (AvgIpc) is 3.01. The highest BCUT2D eigenvalue weighted by molar-refractivity contribution is 14.0. The predicted octanol–water partition coefficient (Wildman–Crippen LogP) is 2.93. The molecule has 2 aromatic rings. The number of hydrogen-bond donors (Lipinski definition) is 3. The number of rotatable bonds is 8. The van der Waals surface area contributed by atoms with E-state index in [1.165, 1.54) is 0 Å². The molecule has 0 fully saturated rings. The second-order valence-electron chi connectivity index (χ2n) is 7.04. The number of para-hydroxylation sites is 1. The molecule has 3 N–H and O–H groups in total. The second kappa shape index (κ2) is 12.5. The summed E-state index contributed by atoms with van der Waals surface area (Å²) in [5.41, 5.74) is 4.23. The molecule has 1 amide bonds. The van der Waals surface area contributed by atoms with Gasteiger partial charge < -0.3 is 16.0 Å². The van der Waals surface area contributed by atoms with Crippen LogP contribution in [0, 0.1) is 19.8 Å². The fourth-order valence-corrected chi connectivity index (χ4v) is 2.80. The van der Waals surface area contributed by atoms with Gasteiger partial charge in [0.05, 0.1) is 17.9 Å². The van der Waals surface area contributed by atoms with E-state index in [4.69, 9.17) is 4.99 Å². The Balaban J connectivity index is 0.00000420. The highest BCUT2D eigenvalue weighted by Crippen LogP contribution is 2.17. The molecule has 0 saturated carbocycles. The average molecular weight is 512 g/mol. The van der Waals surface area contributed by atoms with Crippen LogP contribution in [0.5, 0.6) is 0 Å². The number of hydrogen-bond acceptors (Lipinski definition) is 3. The fraction of sp³-hybridized carbons (Fsp3) is 0.476. The zero-order chi connectivity index (χ0) is 20.5. The topological polar surface area (TPSA) is 83.3 Å². The molecule has 0 aliphatic carbocycles. The van der Waals surface area contributed by atoms with Crippen LogP contribution in [-0.4, -0.2) is 41.3 Å². The van der Waals surface area contributed by atoms with E-state index in [-0.39, 0.29) is 35.8 Å². The maximum Gasteiger partial charge on any atom is 0.222 e. The van der Waals surface area contributed by atoms with Gasteiger partial charge in [-0.15, -0.1) is 24.0 Å². The first-order valence-electron chi connectivity index (χ1n) is 9.83. The van der Waals surface area contributed by atoms with E-state index in [1.807, 2.05) is 44.5 Å². The first kappa shape index (κ1) is 24.9. The van der Waals surface area contributed by atoms with E-state index >= 15 is 0 Å². The van der Waals surface area contributed by atoms with Gasteiger partial charge >= 0.3 is 0 Å². The lowest BCUT2D eigenvalue weighted by Crippen LogP contribution is -2.42. The number of aromatic nitrogens is 2. The van der Waals surface area contributed by atoms with E-state index in [0.717, 1.165) is 35.1 Å². The van der Waals surface area contributed by atoms with Gasteiger partial charge in [-0.05, 0) is 38.5 Å². The van der Waals surface area contributed by atoms with Crippen LogP contribution in [0.15, 0.2) is 35.3 Å². The number of benzene rings is 1. The molecule has 160 valence electrons. The van der Waals surface area contributed by atoms with Crippen LogP contribution in [0.2, 0.25) is 0 Å². The maximum atomic E-state index is 11.6. The zero-order valence-electron chi connectivity index (χ0n) is 18.0. The molecule has 0 aliphatic heterocycles. The van der Waals surface area contributed by atoms with Crippen molar-refractivity contribution in [3.05, 3.63) is 47.3 Å². The minimum absolute atomic E-state index is 0. The van der Waals surface area contributed by atoms with Crippen LogP contribution in [0.25, 0.3) is 5.69 Å². The Hall–Kier alpha value is -2.10. The van der Waals surface area contributed by atoms with Crippen LogP contribution < -0.4 is 16.0 Å². The van der Waals surface area contributed by atoms with Gasteiger partial charge in [0.15, 0.2) is 5.96 Å². The number of nitrogens with one attached hydrogen (secondary N) is 3. The molecule has 0 spiro atoms. The summed E-state index contributed by atoms with van der Waals surface area (Å²) in [6.07, 6.45) is 0. The van der Waals surface area contributed by atoms with E-state index in [1.54, 1.807) is 0 Å². The summed E-state index contributed by atoms with van der Waals surface area (Å²) >= 11 is 0. The molecular formula is C21H33IN6O. The summed E-state index contributed by atoms with van der Waals surface area (Å²) in [5, 5.41) is 14.0. The van der Waals surface area contributed by atoms with Crippen molar-refractivity contribution in [2.24, 2.45) is 10.9 Å². The summed E-state index contributed by atoms with van der Waals surface area (Å²) in [6, 6.07) is 10.2. The molecule has 7 nitrogen and oxygen atoms in total. The van der Waals surface area contributed by atoms with Gasteiger partial charge in [-0.25, -0.2) is 9.67 Å². The Bertz CT molecular complexity index is 815. The van der Waals surface area contributed by atoms with Crippen molar-refractivity contribution in [3.8, 4) is 5.69 Å². The standard InChI is InChI=1S/C21H32N6O.HI/c1-6-22-21(24-12-11-23-20(28)15(2)3)25-14-18-9-7-8-10-19(18)27-17(5)13-16(4)26-27;/h7-10,13,15H,6,11-12,14H2,1-5H3,(H,23,28)(H2,22,24,25);1H. The number of carbonyl (C=O) groups is 1. The van der Waals surface area contributed by atoms with Gasteiger partial charge in [0, 0.05) is 31.2 Å². The quantitative estimate of drug-likeness (QED) is 0.220. The number of aryl methyl sites for hydroxylation is 2. The molecule has 1 heterocycles. The van der Waals surface area contributed by atoms with Gasteiger partial charge in [-0.3, -0.25) is 4.79 Å². The fourth-order valence-electron chi connectivity index (χ4n) is 2.80. The van der Waals surface area contributed by atoms with Crippen molar-refractivity contribution in [2.45, 2.75) is 41.2 Å². The zero-order valence-corrected chi connectivity index (χ0v) is 20.3. The molecule has 1 aromatic heterocycles. The Morgan fingerprint density at radius 2 is 1.83 bits per heavy atom. The highest BCUT2D eigenvalue weighted by Gasteiger charge is 2.09. The van der Waals surface area contributed by atoms with Crippen LogP contribution in [0.1, 0.15) is 37.7 Å². The number of guanidine groups is 1. The number of nitrogens with zero attached hydrogens (tertiary/aromatic N) is 3. The summed E-state index contributed by atoms with van der Waals surface area (Å²) in [4.78, 5) is 16.3. The minimum atomic E-state index is -0.00667. The molecule has 0 aliphatic rings. The smallest absolute Gasteiger partial charge is 0.222 e. The third-order valence-electron chi connectivity index (χ3n) is 4.22. The summed E-state index contributed by atoms with van der Waals surface area (Å²) in [5.74, 6) is 0.778. The van der Waals surface area contributed by atoms with Crippen molar-refractivity contribution >= 4 is 35.8 Å². The molecular weight excluding hydrogens is 479 g/mol. The molecule has 2 rings (SSSR count). The SMILES string of the molecule is CCNC(=NCc1ccccc1-n1nc(C)cc1C)NCCNC(=O)C(C)C.I. The molecule has 8 heteroatoms. The van der Waals surface area contributed by atoms with Crippen LogP contribution >= 0.6 is 24.0 Å². The largest absolute Gasteiger partial charge is 0.357 e. The molecule has 1 aromatic carbocycles. The molecule has 0 radical (unpaired) electrons. The Kier molecular flexibility index (Phi) is 10.7. The Labute approximate surface area is 190 Å². The second-order valence-corrected chi connectivity index (χ2v) is 7.04. The molecule has 0 atom stereocenters. The Morgan fingerprint density at radius 3 is 2.45 bits per heavy atom. The lowest BCUT2D eigenvalue weighted by atomic mass is 10.2. The van der Waals surface area contributed by atoms with Crippen molar-refractivity contribution < 1.29 is 4.79 Å². The molecule has 29 heavy (non-hydrogen) atoms. The molecule has 0 unspecified atom stereocenters. The monoisotopic (exact) mass is 512 g/mol. The van der Waals surface area contributed by atoms with Gasteiger partial charge in [-0.2, -0.15) is 5.10 Å². The first-order chi connectivity index (χ1) is 13.4. The van der Waals surface area contributed by atoms with Gasteiger partial charge in [0.2, 0.25) is 5.91 Å². The maximum absolute atomic E-state index is 11.6. The van der Waals surface area contributed by atoms with Crippen LogP contribution in [0.4, 0.5) is 0 Å². The number of aliphatic imine (C=N–C) groups is 1. The van der Waals surface area contributed by atoms with Crippen LogP contribution in [-0.2, 0) is 11.3 Å². The normalized spacial score (nSPS) is 11.2. The number of carbonyl (C=O) groups excluding carboxylic acids is 1. The molecule has 0 saturated heterocycles. The minimum Gasteiger partial charge on any atom is -0.357 e. The lowest BCUT2D eigenvalue weighted by molar-refractivity contribution is -0.123. The van der Waals surface area contributed by atoms with Crippen molar-refractivity contribution in [1.29, 1.82) is 0 Å². The van der Waals surface area contributed by atoms with Crippen molar-refractivity contribution in [2.75, 3.05) is 19.6 Å². The van der Waals surface area contributed by atoms with Gasteiger partial charge in [0.25, 0.3) is 0 Å². The van der Waals surface area contributed by atoms with E-state index in [0.29, 0.717) is 19.6 Å². The lowest BCUT2D eigenvalue weighted by Gasteiger charge is -2.14. The van der Waals surface area contributed by atoms with Crippen molar-refractivity contribution in [3.63, 3.8) is 0 Å². The first-order valence-corrected chi connectivity index (χ1v) is 9.83. The van der Waals surface area contributed by atoms with Crippen LogP contribution in [0.3, 0.4) is 0 Å². The van der Waals surface area contributed by atoms with Crippen molar-refractivity contribution in [1.82, 2.24) is 25.7 Å². The van der Waals surface area contributed by atoms with Gasteiger partial charge in [-0.1, -0.05) is 32.0 Å². The Morgan fingerprint density at radius 1 is 1.14 bits per heavy atom. The summed E-state index contributed by atoms with van der Waals surface area (Å²) < 4.78 is 1.96. The number of halogens is 1. The van der Waals surface area contributed by atoms with Gasteiger partial charge in [0.1, 0.15) is 0 Å². The summed E-state index contributed by atoms with van der Waals surface area (Å²) in [6.45, 7) is 12.3. The predicted molar refractivity (Wildman–Crippen MR) is 129 cm³/mol.